The van der Waals surface area contributed by atoms with Crippen LogP contribution in [0.2, 0.25) is 0 Å². The van der Waals surface area contributed by atoms with Gasteiger partial charge in [0.2, 0.25) is 5.76 Å². The molecule has 6 nitrogen and oxygen atoms in total. The molecule has 1 atom stereocenters. The van der Waals surface area contributed by atoms with Crippen molar-refractivity contribution in [2.24, 2.45) is 5.92 Å². The fourth-order valence-electron chi connectivity index (χ4n) is 1.55. The Morgan fingerprint density at radius 3 is 2.70 bits per heavy atom. The third-order valence-electron chi connectivity index (χ3n) is 2.79. The maximum atomic E-state index is 11.8. The number of hydrogen-bond acceptors (Lipinski definition) is 4. The van der Waals surface area contributed by atoms with Crippen molar-refractivity contribution < 1.29 is 19.2 Å². The Labute approximate surface area is 115 Å². The van der Waals surface area contributed by atoms with Gasteiger partial charge in [0, 0.05) is 18.2 Å². The van der Waals surface area contributed by atoms with Gasteiger partial charge >= 0.3 is 5.97 Å². The number of carbonyl (C=O) groups excluding carboxylic acids is 1. The minimum Gasteiger partial charge on any atom is -0.481 e. The number of benzene rings is 1. The molecule has 0 spiro atoms. The van der Waals surface area contributed by atoms with Gasteiger partial charge in [-0.2, -0.15) is 0 Å². The van der Waals surface area contributed by atoms with Crippen LogP contribution in [0.5, 0.6) is 0 Å². The Balaban J connectivity index is 2.02. The number of hydrogen-bond donors (Lipinski definition) is 2. The number of aliphatic carboxylic acids is 1. The van der Waals surface area contributed by atoms with Crippen LogP contribution in [0, 0.1) is 5.92 Å². The molecule has 1 aromatic heterocycles. The van der Waals surface area contributed by atoms with Crippen molar-refractivity contribution in [2.75, 3.05) is 6.54 Å². The lowest BCUT2D eigenvalue weighted by Gasteiger charge is -2.05. The molecule has 0 fully saturated rings. The van der Waals surface area contributed by atoms with Gasteiger partial charge in [0.1, 0.15) is 5.69 Å². The second-order valence-corrected chi connectivity index (χ2v) is 4.39. The van der Waals surface area contributed by atoms with Crippen molar-refractivity contribution >= 4 is 11.9 Å². The highest BCUT2D eigenvalue weighted by Gasteiger charge is 2.16. The van der Waals surface area contributed by atoms with Crippen LogP contribution in [0.3, 0.4) is 0 Å². The average Bonchev–Trinajstić information content (AvgIpc) is 2.95. The highest BCUT2D eigenvalue weighted by molar-refractivity contribution is 5.92. The number of aromatic nitrogens is 1. The number of carboxylic acid groups (broad SMARTS) is 1. The molecule has 6 heteroatoms. The zero-order valence-electron chi connectivity index (χ0n) is 10.9. The Morgan fingerprint density at radius 2 is 2.05 bits per heavy atom. The molecule has 20 heavy (non-hydrogen) atoms. The Morgan fingerprint density at radius 1 is 1.35 bits per heavy atom. The number of nitrogens with zero attached hydrogens (tertiary/aromatic N) is 1. The van der Waals surface area contributed by atoms with Gasteiger partial charge in [0.25, 0.3) is 5.91 Å². The first-order chi connectivity index (χ1) is 9.58. The summed E-state index contributed by atoms with van der Waals surface area (Å²) in [6.07, 6.45) is 0. The Kier molecular flexibility index (Phi) is 4.14. The quantitative estimate of drug-likeness (QED) is 0.867. The van der Waals surface area contributed by atoms with E-state index in [-0.39, 0.29) is 12.3 Å². The summed E-state index contributed by atoms with van der Waals surface area (Å²) in [5.41, 5.74) is 1.40. The normalized spacial score (nSPS) is 11.8. The minimum absolute atomic E-state index is 0.0372. The molecular formula is C14H14N2O4. The van der Waals surface area contributed by atoms with E-state index >= 15 is 0 Å². The molecule has 0 saturated heterocycles. The van der Waals surface area contributed by atoms with Crippen molar-refractivity contribution in [2.45, 2.75) is 6.92 Å². The topological polar surface area (TPSA) is 92.4 Å². The third kappa shape index (κ3) is 3.23. The second-order valence-electron chi connectivity index (χ2n) is 4.39. The Bertz CT molecular complexity index is 607. The van der Waals surface area contributed by atoms with Crippen LogP contribution >= 0.6 is 0 Å². The molecule has 2 aromatic rings. The van der Waals surface area contributed by atoms with Gasteiger partial charge in [0.05, 0.1) is 5.92 Å². The lowest BCUT2D eigenvalue weighted by Crippen LogP contribution is -2.31. The van der Waals surface area contributed by atoms with Crippen LogP contribution in [0.25, 0.3) is 11.3 Å². The first-order valence-electron chi connectivity index (χ1n) is 6.11. The smallest absolute Gasteiger partial charge is 0.308 e. The molecule has 0 radical (unpaired) electrons. The van der Waals surface area contributed by atoms with Crippen LogP contribution in [0.15, 0.2) is 40.9 Å². The molecule has 1 aromatic carbocycles. The fourth-order valence-corrected chi connectivity index (χ4v) is 1.55. The molecule has 2 rings (SSSR count). The number of nitrogens with one attached hydrogen (secondary N) is 1. The van der Waals surface area contributed by atoms with E-state index in [9.17, 15) is 9.59 Å². The predicted octanol–water partition coefficient (Wildman–Crippen LogP) is 1.79. The molecular weight excluding hydrogens is 260 g/mol. The van der Waals surface area contributed by atoms with E-state index in [2.05, 4.69) is 10.5 Å². The van der Waals surface area contributed by atoms with Crippen LogP contribution in [-0.2, 0) is 4.79 Å². The maximum Gasteiger partial charge on any atom is 0.308 e. The molecule has 104 valence electrons. The lowest BCUT2D eigenvalue weighted by atomic mass is 10.1. The van der Waals surface area contributed by atoms with E-state index in [0.29, 0.717) is 5.69 Å². The van der Waals surface area contributed by atoms with Gasteiger partial charge < -0.3 is 14.9 Å². The van der Waals surface area contributed by atoms with E-state index < -0.39 is 17.8 Å². The monoisotopic (exact) mass is 274 g/mol. The summed E-state index contributed by atoms with van der Waals surface area (Å²) in [5, 5.41) is 15.0. The largest absolute Gasteiger partial charge is 0.481 e. The van der Waals surface area contributed by atoms with Crippen LogP contribution in [0.1, 0.15) is 17.5 Å². The molecule has 0 saturated carbocycles. The van der Waals surface area contributed by atoms with Crippen LogP contribution in [0.4, 0.5) is 0 Å². The summed E-state index contributed by atoms with van der Waals surface area (Å²) in [6.45, 7) is 1.55. The molecule has 2 N–H and O–H groups in total. The summed E-state index contributed by atoms with van der Waals surface area (Å²) in [7, 11) is 0. The molecule has 1 amide bonds. The minimum atomic E-state index is -0.965. The van der Waals surface area contributed by atoms with Crippen molar-refractivity contribution in [3.8, 4) is 11.3 Å². The van der Waals surface area contributed by atoms with Gasteiger partial charge in [-0.25, -0.2) is 0 Å². The highest BCUT2D eigenvalue weighted by Crippen LogP contribution is 2.18. The summed E-state index contributed by atoms with van der Waals surface area (Å²) < 4.78 is 4.96. The predicted molar refractivity (Wildman–Crippen MR) is 71.1 cm³/mol. The van der Waals surface area contributed by atoms with Gasteiger partial charge in [-0.1, -0.05) is 42.4 Å². The number of carbonyl (C=O) groups is 2. The summed E-state index contributed by atoms with van der Waals surface area (Å²) >= 11 is 0. The van der Waals surface area contributed by atoms with Crippen molar-refractivity contribution in [1.29, 1.82) is 0 Å². The lowest BCUT2D eigenvalue weighted by molar-refractivity contribution is -0.140. The van der Waals surface area contributed by atoms with E-state index in [1.807, 2.05) is 30.3 Å². The second kappa shape index (κ2) is 6.01. The zero-order chi connectivity index (χ0) is 14.5. The molecule has 0 bridgehead atoms. The average molecular weight is 274 g/mol. The van der Waals surface area contributed by atoms with Crippen LogP contribution in [-0.4, -0.2) is 28.7 Å². The van der Waals surface area contributed by atoms with Crippen molar-refractivity contribution in [3.63, 3.8) is 0 Å². The third-order valence-corrected chi connectivity index (χ3v) is 2.79. The highest BCUT2D eigenvalue weighted by atomic mass is 16.5. The molecule has 1 heterocycles. The first-order valence-corrected chi connectivity index (χ1v) is 6.11. The SMILES string of the molecule is CC(CNC(=O)c1cc(-c2ccccc2)no1)C(=O)O. The van der Waals surface area contributed by atoms with E-state index in [1.54, 1.807) is 0 Å². The van der Waals surface area contributed by atoms with Crippen molar-refractivity contribution in [1.82, 2.24) is 10.5 Å². The first kappa shape index (κ1) is 13.8. The molecule has 0 aliphatic carbocycles. The van der Waals surface area contributed by atoms with Gasteiger partial charge in [-0.15, -0.1) is 0 Å². The maximum absolute atomic E-state index is 11.8. The van der Waals surface area contributed by atoms with Gasteiger partial charge in [-0.3, -0.25) is 9.59 Å². The molecule has 0 aliphatic heterocycles. The summed E-state index contributed by atoms with van der Waals surface area (Å²) in [4.78, 5) is 22.4. The van der Waals surface area contributed by atoms with E-state index in [0.717, 1.165) is 5.56 Å². The number of rotatable bonds is 5. The Hall–Kier alpha value is -2.63. The van der Waals surface area contributed by atoms with E-state index in [4.69, 9.17) is 9.63 Å². The van der Waals surface area contributed by atoms with E-state index in [1.165, 1.54) is 13.0 Å². The van der Waals surface area contributed by atoms with Gasteiger partial charge in [-0.05, 0) is 0 Å². The van der Waals surface area contributed by atoms with Crippen LogP contribution < -0.4 is 5.32 Å². The van der Waals surface area contributed by atoms with Gasteiger partial charge in [0.15, 0.2) is 0 Å². The number of carboxylic acids is 1. The standard InChI is InChI=1S/C14H14N2O4/c1-9(14(18)19)8-15-13(17)12-7-11(16-20-12)10-5-3-2-4-6-10/h2-7,9H,8H2,1H3,(H,15,17)(H,18,19). The van der Waals surface area contributed by atoms with Crippen molar-refractivity contribution in [3.05, 3.63) is 42.2 Å². The molecule has 1 unspecified atom stereocenters. The number of amides is 1. The fraction of sp³-hybridized carbons (Fsp3) is 0.214. The molecule has 0 aliphatic rings. The summed E-state index contributed by atoms with van der Waals surface area (Å²) in [6, 6.07) is 10.8. The zero-order valence-corrected chi connectivity index (χ0v) is 10.9. The summed E-state index contributed by atoms with van der Waals surface area (Å²) in [5.74, 6) is -2.04.